The van der Waals surface area contributed by atoms with Crippen molar-refractivity contribution >= 4 is 0 Å². The van der Waals surface area contributed by atoms with Crippen LogP contribution < -0.4 is 10.5 Å². The number of hydrogen-bond donors (Lipinski definition) is 2. The van der Waals surface area contributed by atoms with Crippen LogP contribution in [0.5, 0.6) is 5.75 Å². The van der Waals surface area contributed by atoms with Gasteiger partial charge in [-0.2, -0.15) is 0 Å². The van der Waals surface area contributed by atoms with Gasteiger partial charge < -0.3 is 15.6 Å². The van der Waals surface area contributed by atoms with E-state index in [1.54, 1.807) is 0 Å². The lowest BCUT2D eigenvalue weighted by molar-refractivity contribution is 0.0282. The Balaban J connectivity index is 2.19. The van der Waals surface area contributed by atoms with Crippen LogP contribution in [0, 0.1) is 0 Å². The molecule has 2 rings (SSSR count). The van der Waals surface area contributed by atoms with Gasteiger partial charge in [-0.1, -0.05) is 50.2 Å². The molecule has 0 spiro atoms. The van der Waals surface area contributed by atoms with Gasteiger partial charge in [0.15, 0.2) is 0 Å². The highest BCUT2D eigenvalue weighted by Crippen LogP contribution is 2.32. The summed E-state index contributed by atoms with van der Waals surface area (Å²) >= 11 is 0. The summed E-state index contributed by atoms with van der Waals surface area (Å²) in [6.07, 6.45) is 1.36. The van der Waals surface area contributed by atoms with E-state index in [2.05, 4.69) is 0 Å². The number of nitrogens with two attached hydrogens (primary N) is 1. The minimum Gasteiger partial charge on any atom is -0.489 e. The van der Waals surface area contributed by atoms with Crippen LogP contribution in [-0.4, -0.2) is 5.11 Å². The molecule has 0 bridgehead atoms. The molecule has 0 radical (unpaired) electrons. The zero-order valence-corrected chi connectivity index (χ0v) is 13.4. The molecule has 3 N–H and O–H groups in total. The molecule has 2 aromatic rings. The summed E-state index contributed by atoms with van der Waals surface area (Å²) < 4.78 is 5.89. The first-order valence-corrected chi connectivity index (χ1v) is 7.85. The minimum absolute atomic E-state index is 0.390. The second kappa shape index (κ2) is 7.43. The predicted molar refractivity (Wildman–Crippen MR) is 89.6 cm³/mol. The Kier molecular flexibility index (Phi) is 5.58. The molecule has 0 aromatic heterocycles. The summed E-state index contributed by atoms with van der Waals surface area (Å²) in [5, 5.41) is 10.6. The molecule has 118 valence electrons. The van der Waals surface area contributed by atoms with Crippen molar-refractivity contribution in [3.63, 3.8) is 0 Å². The quantitative estimate of drug-likeness (QED) is 0.819. The van der Waals surface area contributed by atoms with Gasteiger partial charge in [0.25, 0.3) is 0 Å². The van der Waals surface area contributed by atoms with E-state index in [0.717, 1.165) is 22.4 Å². The van der Waals surface area contributed by atoms with E-state index in [1.807, 2.05) is 62.4 Å². The van der Waals surface area contributed by atoms with E-state index >= 15 is 0 Å². The fraction of sp³-hybridized carbons (Fsp3) is 0.368. The smallest absolute Gasteiger partial charge is 0.124 e. The summed E-state index contributed by atoms with van der Waals surface area (Å²) in [6.45, 7) is 4.89. The molecular weight excluding hydrogens is 274 g/mol. The van der Waals surface area contributed by atoms with Gasteiger partial charge in [0.1, 0.15) is 12.4 Å². The fourth-order valence-corrected chi connectivity index (χ4v) is 2.56. The van der Waals surface area contributed by atoms with Crippen LogP contribution in [0.25, 0.3) is 0 Å². The summed E-state index contributed by atoms with van der Waals surface area (Å²) in [4.78, 5) is 0. The Labute approximate surface area is 132 Å². The first-order chi connectivity index (χ1) is 10.6. The number of hydrogen-bond acceptors (Lipinski definition) is 3. The standard InChI is InChI=1S/C19H25NO2/c1-3-19(21,4-2)17-10-11-18(16(12-17)13-20)22-14-15-8-6-5-7-9-15/h5-12,21H,3-4,13-14,20H2,1-2H3. The maximum absolute atomic E-state index is 10.6. The Morgan fingerprint density at radius 2 is 1.73 bits per heavy atom. The predicted octanol–water partition coefficient (Wildman–Crippen LogP) is 3.73. The Morgan fingerprint density at radius 1 is 1.05 bits per heavy atom. The van der Waals surface area contributed by atoms with Crippen LogP contribution in [0.1, 0.15) is 43.4 Å². The maximum atomic E-state index is 10.6. The van der Waals surface area contributed by atoms with Gasteiger partial charge in [-0.15, -0.1) is 0 Å². The molecule has 2 aromatic carbocycles. The monoisotopic (exact) mass is 299 g/mol. The fourth-order valence-electron chi connectivity index (χ4n) is 2.56. The third kappa shape index (κ3) is 3.67. The van der Waals surface area contributed by atoms with Crippen molar-refractivity contribution in [1.29, 1.82) is 0 Å². The van der Waals surface area contributed by atoms with Crippen molar-refractivity contribution < 1.29 is 9.84 Å². The number of aliphatic hydroxyl groups is 1. The lowest BCUT2D eigenvalue weighted by Gasteiger charge is -2.26. The van der Waals surface area contributed by atoms with Crippen molar-refractivity contribution in [1.82, 2.24) is 0 Å². The molecule has 0 fully saturated rings. The van der Waals surface area contributed by atoms with Gasteiger partial charge in [-0.05, 0) is 36.1 Å². The normalized spacial score (nSPS) is 11.5. The zero-order chi connectivity index (χ0) is 16.0. The first kappa shape index (κ1) is 16.5. The van der Waals surface area contributed by atoms with E-state index in [4.69, 9.17) is 10.5 Å². The number of benzene rings is 2. The minimum atomic E-state index is -0.790. The number of rotatable bonds is 7. The summed E-state index contributed by atoms with van der Waals surface area (Å²) in [5.74, 6) is 0.782. The van der Waals surface area contributed by atoms with E-state index in [1.165, 1.54) is 0 Å². The molecule has 3 nitrogen and oxygen atoms in total. The lowest BCUT2D eigenvalue weighted by Crippen LogP contribution is -2.23. The first-order valence-electron chi connectivity index (χ1n) is 7.85. The van der Waals surface area contributed by atoms with Crippen LogP contribution >= 0.6 is 0 Å². The molecule has 0 atom stereocenters. The summed E-state index contributed by atoms with van der Waals surface area (Å²) in [6, 6.07) is 15.9. The maximum Gasteiger partial charge on any atom is 0.124 e. The van der Waals surface area contributed by atoms with Crippen molar-refractivity contribution in [3.05, 3.63) is 65.2 Å². The molecule has 0 amide bonds. The summed E-state index contributed by atoms with van der Waals surface area (Å²) in [7, 11) is 0. The highest BCUT2D eigenvalue weighted by atomic mass is 16.5. The molecule has 0 aliphatic heterocycles. The van der Waals surface area contributed by atoms with Gasteiger partial charge in [-0.3, -0.25) is 0 Å². The molecule has 3 heteroatoms. The molecule has 0 aliphatic carbocycles. The van der Waals surface area contributed by atoms with Crippen molar-refractivity contribution in [2.24, 2.45) is 5.73 Å². The van der Waals surface area contributed by atoms with E-state index < -0.39 is 5.60 Å². The second-order valence-corrected chi connectivity index (χ2v) is 5.54. The SMILES string of the molecule is CCC(O)(CC)c1ccc(OCc2ccccc2)c(CN)c1. The van der Waals surface area contributed by atoms with Gasteiger partial charge in [0, 0.05) is 12.1 Å². The third-order valence-corrected chi connectivity index (χ3v) is 4.22. The topological polar surface area (TPSA) is 55.5 Å². The van der Waals surface area contributed by atoms with Crippen molar-refractivity contribution in [2.45, 2.75) is 45.4 Å². The highest BCUT2D eigenvalue weighted by molar-refractivity contribution is 5.39. The van der Waals surface area contributed by atoms with Crippen molar-refractivity contribution in [3.8, 4) is 5.75 Å². The Morgan fingerprint density at radius 3 is 2.32 bits per heavy atom. The van der Waals surface area contributed by atoms with Crippen molar-refractivity contribution in [2.75, 3.05) is 0 Å². The third-order valence-electron chi connectivity index (χ3n) is 4.22. The van der Waals surface area contributed by atoms with Crippen LogP contribution in [0.2, 0.25) is 0 Å². The average molecular weight is 299 g/mol. The largest absolute Gasteiger partial charge is 0.489 e. The van der Waals surface area contributed by atoms with E-state index in [-0.39, 0.29) is 0 Å². The molecular formula is C19H25NO2. The number of ether oxygens (including phenoxy) is 1. The van der Waals surface area contributed by atoms with Gasteiger partial charge in [-0.25, -0.2) is 0 Å². The molecule has 0 heterocycles. The lowest BCUT2D eigenvalue weighted by atomic mass is 9.87. The highest BCUT2D eigenvalue weighted by Gasteiger charge is 2.25. The van der Waals surface area contributed by atoms with E-state index in [9.17, 15) is 5.11 Å². The van der Waals surface area contributed by atoms with Crippen LogP contribution in [0.15, 0.2) is 48.5 Å². The Bertz CT molecular complexity index is 592. The molecule has 0 aliphatic rings. The summed E-state index contributed by atoms with van der Waals surface area (Å²) in [5.41, 5.74) is 8.01. The van der Waals surface area contributed by atoms with Crippen LogP contribution in [0.4, 0.5) is 0 Å². The van der Waals surface area contributed by atoms with Gasteiger partial charge in [0.05, 0.1) is 5.60 Å². The molecule has 0 unspecified atom stereocenters. The molecule has 22 heavy (non-hydrogen) atoms. The Hall–Kier alpha value is -1.84. The average Bonchev–Trinajstić information content (AvgIpc) is 2.60. The molecule has 0 saturated carbocycles. The van der Waals surface area contributed by atoms with E-state index in [0.29, 0.717) is 26.0 Å². The molecule has 0 saturated heterocycles. The van der Waals surface area contributed by atoms with Crippen LogP contribution in [0.3, 0.4) is 0 Å². The van der Waals surface area contributed by atoms with Crippen LogP contribution in [-0.2, 0) is 18.8 Å². The van der Waals surface area contributed by atoms with Gasteiger partial charge in [0.2, 0.25) is 0 Å². The second-order valence-electron chi connectivity index (χ2n) is 5.54. The van der Waals surface area contributed by atoms with Gasteiger partial charge >= 0.3 is 0 Å². The zero-order valence-electron chi connectivity index (χ0n) is 13.4.